The van der Waals surface area contributed by atoms with Crippen molar-refractivity contribution in [3.8, 4) is 23.0 Å². The van der Waals surface area contributed by atoms with E-state index in [1.54, 1.807) is 26.1 Å². The molecule has 0 amide bonds. The highest BCUT2D eigenvalue weighted by molar-refractivity contribution is 5.92. The fourth-order valence-electron chi connectivity index (χ4n) is 4.04. The van der Waals surface area contributed by atoms with Crippen LogP contribution in [0.25, 0.3) is 22.4 Å². The Morgan fingerprint density at radius 2 is 1.85 bits per heavy atom. The summed E-state index contributed by atoms with van der Waals surface area (Å²) in [5, 5.41) is 17.6. The molecule has 5 rings (SSSR count). The number of aliphatic hydroxyl groups is 1. The van der Waals surface area contributed by atoms with Crippen molar-refractivity contribution >= 4 is 22.5 Å². The summed E-state index contributed by atoms with van der Waals surface area (Å²) in [6.07, 6.45) is 3.14. The second-order valence-electron chi connectivity index (χ2n) is 9.21. The molecule has 0 fully saturated rings. The molecular weight excluding hydrogens is 520 g/mol. The van der Waals surface area contributed by atoms with E-state index in [9.17, 15) is 0 Å². The van der Waals surface area contributed by atoms with Gasteiger partial charge in [0.25, 0.3) is 0 Å². The highest BCUT2D eigenvalue weighted by atomic mass is 19.1. The SMILES string of the molecule is COc1cnc(-c2nn(Cc3c(F)cc(OC[C@H](C)CO)cc3F)c3ccccc23)nc1Nc1ccnc(C)n1. The molecule has 0 radical (unpaired) electrons. The molecule has 12 heteroatoms. The molecule has 206 valence electrons. The molecule has 2 N–H and O–H groups in total. The summed E-state index contributed by atoms with van der Waals surface area (Å²) in [4.78, 5) is 17.5. The minimum atomic E-state index is -0.764. The number of methoxy groups -OCH3 is 1. The second kappa shape index (κ2) is 11.6. The third-order valence-electron chi connectivity index (χ3n) is 6.14. The summed E-state index contributed by atoms with van der Waals surface area (Å²) in [6, 6.07) is 11.3. The fourth-order valence-corrected chi connectivity index (χ4v) is 4.04. The smallest absolute Gasteiger partial charge is 0.183 e. The number of nitrogens with zero attached hydrogens (tertiary/aromatic N) is 6. The average molecular weight is 548 g/mol. The Hall–Kier alpha value is -4.71. The lowest BCUT2D eigenvalue weighted by Crippen LogP contribution is -2.13. The molecule has 0 aliphatic carbocycles. The molecule has 0 saturated heterocycles. The third-order valence-corrected chi connectivity index (χ3v) is 6.14. The Kier molecular flexibility index (Phi) is 7.78. The van der Waals surface area contributed by atoms with E-state index in [0.717, 1.165) is 12.1 Å². The van der Waals surface area contributed by atoms with Gasteiger partial charge in [-0.25, -0.2) is 28.7 Å². The van der Waals surface area contributed by atoms with E-state index in [2.05, 4.69) is 30.4 Å². The van der Waals surface area contributed by atoms with Crippen LogP contribution in [0.5, 0.6) is 11.5 Å². The number of benzene rings is 2. The molecule has 10 nitrogen and oxygen atoms in total. The zero-order valence-electron chi connectivity index (χ0n) is 22.1. The molecule has 0 saturated carbocycles. The summed E-state index contributed by atoms with van der Waals surface area (Å²) in [5.74, 6) is 0.510. The van der Waals surface area contributed by atoms with Crippen LogP contribution in [0, 0.1) is 24.5 Å². The number of halogens is 2. The van der Waals surface area contributed by atoms with Crippen LogP contribution in [0.4, 0.5) is 20.4 Å². The first-order chi connectivity index (χ1) is 19.4. The van der Waals surface area contributed by atoms with Crippen LogP contribution >= 0.6 is 0 Å². The van der Waals surface area contributed by atoms with Gasteiger partial charge >= 0.3 is 0 Å². The van der Waals surface area contributed by atoms with E-state index in [1.807, 2.05) is 24.3 Å². The molecule has 40 heavy (non-hydrogen) atoms. The number of nitrogens with one attached hydrogen (secondary N) is 1. The van der Waals surface area contributed by atoms with Gasteiger partial charge in [-0.1, -0.05) is 25.1 Å². The van der Waals surface area contributed by atoms with E-state index in [4.69, 9.17) is 14.6 Å². The Morgan fingerprint density at radius 3 is 2.58 bits per heavy atom. The maximum Gasteiger partial charge on any atom is 0.183 e. The van der Waals surface area contributed by atoms with E-state index in [-0.39, 0.29) is 42.8 Å². The summed E-state index contributed by atoms with van der Waals surface area (Å²) in [7, 11) is 1.51. The molecule has 0 aliphatic heterocycles. The van der Waals surface area contributed by atoms with Gasteiger partial charge in [0, 0.05) is 41.8 Å². The van der Waals surface area contributed by atoms with Crippen molar-refractivity contribution < 1.29 is 23.4 Å². The molecule has 0 unspecified atom stereocenters. The van der Waals surface area contributed by atoms with E-state index in [1.165, 1.54) is 18.0 Å². The molecule has 0 bridgehead atoms. The van der Waals surface area contributed by atoms with Gasteiger partial charge in [0.05, 0.1) is 32.0 Å². The number of rotatable bonds is 10. The van der Waals surface area contributed by atoms with Crippen molar-refractivity contribution in [3.63, 3.8) is 0 Å². The van der Waals surface area contributed by atoms with Crippen LogP contribution in [0.1, 0.15) is 18.3 Å². The van der Waals surface area contributed by atoms with E-state index >= 15 is 8.78 Å². The molecule has 0 spiro atoms. The normalized spacial score (nSPS) is 11.9. The van der Waals surface area contributed by atoms with Crippen LogP contribution < -0.4 is 14.8 Å². The number of ether oxygens (including phenoxy) is 2. The second-order valence-corrected chi connectivity index (χ2v) is 9.21. The molecule has 5 aromatic rings. The molecule has 0 aliphatic rings. The molecular formula is C28H27F2N7O3. The number of hydrogen-bond donors (Lipinski definition) is 2. The summed E-state index contributed by atoms with van der Waals surface area (Å²) in [5.41, 5.74) is 0.909. The van der Waals surface area contributed by atoms with Crippen molar-refractivity contribution in [2.45, 2.75) is 20.4 Å². The highest BCUT2D eigenvalue weighted by Gasteiger charge is 2.20. The number of hydrogen-bond acceptors (Lipinski definition) is 9. The van der Waals surface area contributed by atoms with Gasteiger partial charge in [-0.15, -0.1) is 0 Å². The number of aliphatic hydroxyl groups excluding tert-OH is 1. The predicted octanol–water partition coefficient (Wildman–Crippen LogP) is 4.68. The Morgan fingerprint density at radius 1 is 1.07 bits per heavy atom. The molecule has 1 atom stereocenters. The lowest BCUT2D eigenvalue weighted by atomic mass is 10.1. The fraction of sp³-hybridized carbons (Fsp3) is 0.250. The summed E-state index contributed by atoms with van der Waals surface area (Å²) < 4.78 is 42.4. The number of aryl methyl sites for hydroxylation is 1. The van der Waals surface area contributed by atoms with Gasteiger partial charge in [-0.2, -0.15) is 5.10 Å². The standard InChI is InChI=1S/C28H27F2N7O3/c1-16(14-38)15-40-18-10-21(29)20(22(30)11-18)13-37-23-7-5-4-6-19(23)26(36-37)28-32-12-24(39-3)27(35-28)34-25-8-9-31-17(2)33-25/h4-12,16,38H,13-15H2,1-3H3,(H,31,32,33,34,35)/t16-/m1/s1. The van der Waals surface area contributed by atoms with Crippen molar-refractivity contribution in [2.75, 3.05) is 25.6 Å². The maximum atomic E-state index is 15.0. The zero-order valence-corrected chi connectivity index (χ0v) is 22.1. The van der Waals surface area contributed by atoms with Gasteiger partial charge in [0.15, 0.2) is 17.4 Å². The number of fused-ring (bicyclic) bond motifs is 1. The molecule has 2 aromatic carbocycles. The Bertz CT molecular complexity index is 1640. The van der Waals surface area contributed by atoms with Crippen LogP contribution in [0.2, 0.25) is 0 Å². The Balaban J connectivity index is 1.50. The van der Waals surface area contributed by atoms with Gasteiger partial charge in [0.2, 0.25) is 0 Å². The van der Waals surface area contributed by atoms with Crippen molar-refractivity contribution in [1.82, 2.24) is 29.7 Å². The summed E-state index contributed by atoms with van der Waals surface area (Å²) in [6.45, 7) is 3.42. The Labute approximate surface area is 228 Å². The first-order valence-corrected chi connectivity index (χ1v) is 12.5. The molecule has 3 heterocycles. The van der Waals surface area contributed by atoms with Crippen LogP contribution in [-0.2, 0) is 6.54 Å². The van der Waals surface area contributed by atoms with Crippen molar-refractivity contribution in [2.24, 2.45) is 5.92 Å². The monoisotopic (exact) mass is 547 g/mol. The van der Waals surface area contributed by atoms with Crippen LogP contribution in [0.3, 0.4) is 0 Å². The third kappa shape index (κ3) is 5.66. The van der Waals surface area contributed by atoms with Crippen molar-refractivity contribution in [3.05, 3.63) is 77.9 Å². The minimum absolute atomic E-state index is 0.0515. The van der Waals surface area contributed by atoms with Crippen molar-refractivity contribution in [1.29, 1.82) is 0 Å². The zero-order chi connectivity index (χ0) is 28.2. The average Bonchev–Trinajstić information content (AvgIpc) is 3.32. The summed E-state index contributed by atoms with van der Waals surface area (Å²) >= 11 is 0. The van der Waals surface area contributed by atoms with E-state index in [0.29, 0.717) is 39.8 Å². The minimum Gasteiger partial charge on any atom is -0.493 e. The molecule has 3 aromatic heterocycles. The lowest BCUT2D eigenvalue weighted by molar-refractivity contribution is 0.173. The predicted molar refractivity (Wildman–Crippen MR) is 145 cm³/mol. The van der Waals surface area contributed by atoms with E-state index < -0.39 is 11.6 Å². The van der Waals surface area contributed by atoms with Crippen LogP contribution in [0.15, 0.2) is 54.9 Å². The largest absolute Gasteiger partial charge is 0.493 e. The number of anilines is 2. The lowest BCUT2D eigenvalue weighted by Gasteiger charge is -2.13. The highest BCUT2D eigenvalue weighted by Crippen LogP contribution is 2.31. The quantitative estimate of drug-likeness (QED) is 0.257. The van der Waals surface area contributed by atoms with Gasteiger partial charge in [-0.05, 0) is 19.1 Å². The van der Waals surface area contributed by atoms with Gasteiger partial charge < -0.3 is 19.9 Å². The van der Waals surface area contributed by atoms with Gasteiger partial charge in [0.1, 0.15) is 34.7 Å². The maximum absolute atomic E-state index is 15.0. The van der Waals surface area contributed by atoms with Crippen LogP contribution in [-0.4, -0.2) is 55.1 Å². The first-order valence-electron chi connectivity index (χ1n) is 12.5. The van der Waals surface area contributed by atoms with Gasteiger partial charge in [-0.3, -0.25) is 4.68 Å². The number of aromatic nitrogens is 6. The first kappa shape index (κ1) is 26.9. The topological polar surface area (TPSA) is 120 Å². The number of para-hydroxylation sites is 1.